The van der Waals surface area contributed by atoms with Crippen LogP contribution in [-0.2, 0) is 0 Å². The van der Waals surface area contributed by atoms with Gasteiger partial charge in [-0.2, -0.15) is 0 Å². The molecule has 1 atom stereocenters. The van der Waals surface area contributed by atoms with E-state index in [0.717, 1.165) is 22.4 Å². The third kappa shape index (κ3) is 3.98. The summed E-state index contributed by atoms with van der Waals surface area (Å²) in [5, 5.41) is 0.697. The fourth-order valence-corrected chi connectivity index (χ4v) is 2.71. The van der Waals surface area contributed by atoms with E-state index in [2.05, 4.69) is 36.1 Å². The van der Waals surface area contributed by atoms with Crippen LogP contribution in [0.3, 0.4) is 0 Å². The number of hydrogen-bond acceptors (Lipinski definition) is 1. The Labute approximate surface area is 147 Å². The van der Waals surface area contributed by atoms with Crippen LogP contribution in [0, 0.1) is 11.8 Å². The Morgan fingerprint density at radius 2 is 1.54 bits per heavy atom. The van der Waals surface area contributed by atoms with Crippen molar-refractivity contribution in [3.05, 3.63) is 101 Å². The van der Waals surface area contributed by atoms with Gasteiger partial charge in [-0.05, 0) is 41.5 Å². The molecule has 0 aliphatic carbocycles. The van der Waals surface area contributed by atoms with E-state index < -0.39 is 0 Å². The average molecular weight is 333 g/mol. The fourth-order valence-electron chi connectivity index (χ4n) is 2.52. The summed E-state index contributed by atoms with van der Waals surface area (Å²) in [7, 11) is 1.67. The molecule has 0 fully saturated rings. The van der Waals surface area contributed by atoms with E-state index in [9.17, 15) is 0 Å². The molecule has 0 aliphatic heterocycles. The smallest absolute Gasteiger partial charge is 0.118 e. The molecular formula is C22H17ClO. The van der Waals surface area contributed by atoms with Crippen molar-refractivity contribution in [1.82, 2.24) is 0 Å². The lowest BCUT2D eigenvalue weighted by atomic mass is 9.91. The maximum Gasteiger partial charge on any atom is 0.118 e. The summed E-state index contributed by atoms with van der Waals surface area (Å²) < 4.78 is 5.25. The molecule has 3 rings (SSSR count). The van der Waals surface area contributed by atoms with Crippen LogP contribution >= 0.6 is 11.6 Å². The number of hydrogen-bond donors (Lipinski definition) is 0. The summed E-state index contributed by atoms with van der Waals surface area (Å²) in [6.07, 6.45) is 0. The van der Waals surface area contributed by atoms with Crippen LogP contribution in [0.15, 0.2) is 78.9 Å². The minimum atomic E-state index is -0.00362. The van der Waals surface area contributed by atoms with Crippen LogP contribution < -0.4 is 4.74 Å². The fraction of sp³-hybridized carbons (Fsp3) is 0.0909. The predicted octanol–water partition coefficient (Wildman–Crippen LogP) is 5.53. The highest BCUT2D eigenvalue weighted by atomic mass is 35.5. The van der Waals surface area contributed by atoms with E-state index >= 15 is 0 Å². The van der Waals surface area contributed by atoms with Crippen LogP contribution in [0.5, 0.6) is 5.75 Å². The molecule has 0 amide bonds. The topological polar surface area (TPSA) is 9.23 Å². The maximum absolute atomic E-state index is 6.05. The van der Waals surface area contributed by atoms with E-state index in [0.29, 0.717) is 5.02 Å². The Bertz CT molecular complexity index is 858. The van der Waals surface area contributed by atoms with Crippen LogP contribution in [-0.4, -0.2) is 7.11 Å². The van der Waals surface area contributed by atoms with Gasteiger partial charge in [-0.25, -0.2) is 0 Å². The molecule has 1 nitrogen and oxygen atoms in total. The van der Waals surface area contributed by atoms with Crippen LogP contribution in [0.2, 0.25) is 5.02 Å². The van der Waals surface area contributed by atoms with Gasteiger partial charge in [0.05, 0.1) is 13.0 Å². The molecule has 0 saturated heterocycles. The molecule has 0 bridgehead atoms. The highest BCUT2D eigenvalue weighted by Gasteiger charge is 2.11. The van der Waals surface area contributed by atoms with Gasteiger partial charge < -0.3 is 4.74 Å². The quantitative estimate of drug-likeness (QED) is 0.573. The highest BCUT2D eigenvalue weighted by molar-refractivity contribution is 6.30. The van der Waals surface area contributed by atoms with Gasteiger partial charge in [0.2, 0.25) is 0 Å². The zero-order chi connectivity index (χ0) is 16.8. The molecule has 0 saturated carbocycles. The summed E-state index contributed by atoms with van der Waals surface area (Å²) in [5.74, 6) is 7.47. The lowest BCUT2D eigenvalue weighted by Gasteiger charge is -2.12. The van der Waals surface area contributed by atoms with Gasteiger partial charge in [0.15, 0.2) is 0 Å². The number of ether oxygens (including phenoxy) is 1. The highest BCUT2D eigenvalue weighted by Crippen LogP contribution is 2.26. The Kier molecular flexibility index (Phi) is 5.21. The lowest BCUT2D eigenvalue weighted by Crippen LogP contribution is -1.98. The molecular weight excluding hydrogens is 316 g/mol. The molecule has 118 valence electrons. The van der Waals surface area contributed by atoms with Gasteiger partial charge in [0.1, 0.15) is 5.75 Å². The summed E-state index contributed by atoms with van der Waals surface area (Å²) >= 11 is 6.05. The Morgan fingerprint density at radius 1 is 0.833 bits per heavy atom. The molecule has 0 N–H and O–H groups in total. The zero-order valence-corrected chi connectivity index (χ0v) is 14.1. The first-order chi connectivity index (χ1) is 11.8. The second kappa shape index (κ2) is 7.73. The van der Waals surface area contributed by atoms with Gasteiger partial charge in [0.25, 0.3) is 0 Å². The normalized spacial score (nSPS) is 11.2. The number of benzene rings is 3. The van der Waals surface area contributed by atoms with Crippen LogP contribution in [0.25, 0.3) is 0 Å². The Morgan fingerprint density at radius 3 is 2.21 bits per heavy atom. The van der Waals surface area contributed by atoms with Gasteiger partial charge in [-0.1, -0.05) is 72.0 Å². The molecule has 2 heteroatoms. The first kappa shape index (κ1) is 16.2. The first-order valence-corrected chi connectivity index (χ1v) is 8.10. The van der Waals surface area contributed by atoms with Crippen molar-refractivity contribution in [2.75, 3.05) is 7.11 Å². The minimum Gasteiger partial charge on any atom is -0.497 e. The van der Waals surface area contributed by atoms with E-state index in [1.165, 1.54) is 0 Å². The first-order valence-electron chi connectivity index (χ1n) is 7.72. The van der Waals surface area contributed by atoms with Gasteiger partial charge >= 0.3 is 0 Å². The van der Waals surface area contributed by atoms with E-state index in [1.54, 1.807) is 7.11 Å². The Hall–Kier alpha value is -2.69. The maximum atomic E-state index is 6.05. The lowest BCUT2D eigenvalue weighted by molar-refractivity contribution is 0.414. The molecule has 0 aromatic heterocycles. The van der Waals surface area contributed by atoms with Gasteiger partial charge in [-0.3, -0.25) is 0 Å². The molecule has 1 unspecified atom stereocenters. The molecule has 3 aromatic rings. The predicted molar refractivity (Wildman–Crippen MR) is 99.6 cm³/mol. The van der Waals surface area contributed by atoms with E-state index in [1.807, 2.05) is 54.6 Å². The standard InChI is InChI=1S/C22H17ClO/c1-24-21-13-11-19(12-14-21)22(18-7-3-2-4-8-18)15-10-17-6-5-9-20(23)16-17/h2-9,11-14,16,22H,1H3. The summed E-state index contributed by atoms with van der Waals surface area (Å²) in [6, 6.07) is 25.9. The second-order valence-electron chi connectivity index (χ2n) is 5.40. The van der Waals surface area contributed by atoms with Crippen molar-refractivity contribution >= 4 is 11.6 Å². The van der Waals surface area contributed by atoms with Crippen molar-refractivity contribution in [2.45, 2.75) is 5.92 Å². The monoisotopic (exact) mass is 332 g/mol. The third-order valence-corrected chi connectivity index (χ3v) is 4.00. The van der Waals surface area contributed by atoms with Crippen molar-refractivity contribution in [2.24, 2.45) is 0 Å². The minimum absolute atomic E-state index is 0.00362. The second-order valence-corrected chi connectivity index (χ2v) is 5.83. The van der Waals surface area contributed by atoms with Crippen molar-refractivity contribution in [3.63, 3.8) is 0 Å². The van der Waals surface area contributed by atoms with Crippen molar-refractivity contribution in [3.8, 4) is 17.6 Å². The van der Waals surface area contributed by atoms with Crippen molar-refractivity contribution < 1.29 is 4.74 Å². The number of methoxy groups -OCH3 is 1. The van der Waals surface area contributed by atoms with Crippen molar-refractivity contribution in [1.29, 1.82) is 0 Å². The molecule has 0 radical (unpaired) electrons. The Balaban J connectivity index is 1.99. The molecule has 0 heterocycles. The summed E-state index contributed by atoms with van der Waals surface area (Å²) in [4.78, 5) is 0. The zero-order valence-electron chi connectivity index (χ0n) is 13.4. The summed E-state index contributed by atoms with van der Waals surface area (Å²) in [5.41, 5.74) is 3.21. The molecule has 0 spiro atoms. The summed E-state index contributed by atoms with van der Waals surface area (Å²) in [6.45, 7) is 0. The van der Waals surface area contributed by atoms with E-state index in [-0.39, 0.29) is 5.92 Å². The van der Waals surface area contributed by atoms with Crippen LogP contribution in [0.1, 0.15) is 22.6 Å². The third-order valence-electron chi connectivity index (χ3n) is 3.77. The van der Waals surface area contributed by atoms with Gasteiger partial charge in [0, 0.05) is 10.6 Å². The largest absolute Gasteiger partial charge is 0.497 e. The van der Waals surface area contributed by atoms with E-state index in [4.69, 9.17) is 16.3 Å². The number of rotatable bonds is 3. The van der Waals surface area contributed by atoms with Gasteiger partial charge in [-0.15, -0.1) is 0 Å². The molecule has 0 aliphatic rings. The van der Waals surface area contributed by atoms with Crippen LogP contribution in [0.4, 0.5) is 0 Å². The SMILES string of the molecule is COc1ccc(C(C#Cc2cccc(Cl)c2)c2ccccc2)cc1. The average Bonchev–Trinajstić information content (AvgIpc) is 2.63. The number of halogens is 1. The molecule has 3 aromatic carbocycles. The molecule has 24 heavy (non-hydrogen) atoms.